The first-order valence-electron chi connectivity index (χ1n) is 8.52. The standard InChI is InChI=1S/C17H19F3N4O2S/c1-2-3-12-8-13(25)22-16(21-12)27-9-14-23-15(24-26-14)10-4-6-11(7-5-10)17(18,19)20/h4-7,12,16,21H,2-3,8-9H2,1H3,(H,22,25). The van der Waals surface area contributed by atoms with E-state index in [-0.39, 0.29) is 23.3 Å². The molecule has 1 aliphatic heterocycles. The first-order chi connectivity index (χ1) is 12.8. The number of carbonyl (C=O) groups is 1. The summed E-state index contributed by atoms with van der Waals surface area (Å²) in [5, 5.41) is 10.0. The Labute approximate surface area is 158 Å². The molecular formula is C17H19F3N4O2S. The van der Waals surface area contributed by atoms with Crippen LogP contribution in [0.3, 0.4) is 0 Å². The van der Waals surface area contributed by atoms with Crippen molar-refractivity contribution in [1.82, 2.24) is 20.8 Å². The van der Waals surface area contributed by atoms with Gasteiger partial charge in [0.25, 0.3) is 0 Å². The van der Waals surface area contributed by atoms with Gasteiger partial charge in [-0.2, -0.15) is 18.2 Å². The second-order valence-electron chi connectivity index (χ2n) is 6.20. The van der Waals surface area contributed by atoms with Gasteiger partial charge < -0.3 is 9.84 Å². The van der Waals surface area contributed by atoms with Crippen molar-refractivity contribution in [2.45, 2.75) is 49.7 Å². The molecular weight excluding hydrogens is 381 g/mol. The Morgan fingerprint density at radius 2 is 2.04 bits per heavy atom. The number of amides is 1. The summed E-state index contributed by atoms with van der Waals surface area (Å²) in [6.07, 6.45) is -2.01. The first-order valence-corrected chi connectivity index (χ1v) is 9.57. The Balaban J connectivity index is 1.59. The molecule has 0 saturated carbocycles. The van der Waals surface area contributed by atoms with Crippen LogP contribution >= 0.6 is 11.8 Å². The lowest BCUT2D eigenvalue weighted by Gasteiger charge is -2.30. The number of alkyl halides is 3. The fourth-order valence-electron chi connectivity index (χ4n) is 2.76. The zero-order valence-electron chi connectivity index (χ0n) is 14.5. The van der Waals surface area contributed by atoms with E-state index in [1.54, 1.807) is 0 Å². The van der Waals surface area contributed by atoms with E-state index < -0.39 is 11.7 Å². The number of benzene rings is 1. The van der Waals surface area contributed by atoms with Crippen molar-refractivity contribution < 1.29 is 22.5 Å². The van der Waals surface area contributed by atoms with Gasteiger partial charge in [-0.3, -0.25) is 10.1 Å². The molecule has 3 rings (SSSR count). The Morgan fingerprint density at radius 1 is 1.30 bits per heavy atom. The summed E-state index contributed by atoms with van der Waals surface area (Å²) >= 11 is 1.41. The molecule has 0 spiro atoms. The minimum atomic E-state index is -4.38. The van der Waals surface area contributed by atoms with Crippen molar-refractivity contribution in [3.63, 3.8) is 0 Å². The molecule has 1 amide bonds. The fourth-order valence-corrected chi connectivity index (χ4v) is 3.69. The van der Waals surface area contributed by atoms with Crippen LogP contribution in [0.4, 0.5) is 13.2 Å². The van der Waals surface area contributed by atoms with Crippen LogP contribution in [0.5, 0.6) is 0 Å². The van der Waals surface area contributed by atoms with Gasteiger partial charge in [0.05, 0.1) is 11.3 Å². The number of halogens is 3. The molecule has 6 nitrogen and oxygen atoms in total. The number of hydrogen-bond acceptors (Lipinski definition) is 6. The van der Waals surface area contributed by atoms with Gasteiger partial charge in [-0.15, -0.1) is 11.8 Å². The monoisotopic (exact) mass is 400 g/mol. The summed E-state index contributed by atoms with van der Waals surface area (Å²) in [6, 6.07) is 4.73. The maximum atomic E-state index is 12.6. The minimum Gasteiger partial charge on any atom is -0.338 e. The van der Waals surface area contributed by atoms with Gasteiger partial charge in [0.2, 0.25) is 17.6 Å². The molecule has 27 heavy (non-hydrogen) atoms. The van der Waals surface area contributed by atoms with Crippen molar-refractivity contribution in [3.05, 3.63) is 35.7 Å². The molecule has 2 N–H and O–H groups in total. The van der Waals surface area contributed by atoms with E-state index in [0.29, 0.717) is 23.6 Å². The van der Waals surface area contributed by atoms with Crippen LogP contribution in [0, 0.1) is 0 Å². The molecule has 0 radical (unpaired) electrons. The SMILES string of the molecule is CCCC1CC(=O)NC(SCc2nc(-c3ccc(C(F)(F)F)cc3)no2)N1. The highest BCUT2D eigenvalue weighted by atomic mass is 32.2. The van der Waals surface area contributed by atoms with Gasteiger partial charge in [0.1, 0.15) is 5.50 Å². The third-order valence-electron chi connectivity index (χ3n) is 4.06. The average Bonchev–Trinajstić information content (AvgIpc) is 3.08. The topological polar surface area (TPSA) is 80.1 Å². The van der Waals surface area contributed by atoms with Gasteiger partial charge in [0.15, 0.2) is 0 Å². The number of nitrogens with one attached hydrogen (secondary N) is 2. The molecule has 10 heteroatoms. The molecule has 1 saturated heterocycles. The van der Waals surface area contributed by atoms with Crippen molar-refractivity contribution in [2.24, 2.45) is 0 Å². The third-order valence-corrected chi connectivity index (χ3v) is 5.06. The number of nitrogens with zero attached hydrogens (tertiary/aromatic N) is 2. The van der Waals surface area contributed by atoms with Crippen LogP contribution in [0.25, 0.3) is 11.4 Å². The summed E-state index contributed by atoms with van der Waals surface area (Å²) in [7, 11) is 0. The second kappa shape index (κ2) is 8.30. The zero-order valence-corrected chi connectivity index (χ0v) is 15.4. The summed E-state index contributed by atoms with van der Waals surface area (Å²) in [5.41, 5.74) is -0.536. The van der Waals surface area contributed by atoms with Crippen LogP contribution in [-0.4, -0.2) is 27.6 Å². The molecule has 1 fully saturated rings. The number of hydrogen-bond donors (Lipinski definition) is 2. The van der Waals surface area contributed by atoms with Crippen molar-refractivity contribution >= 4 is 17.7 Å². The van der Waals surface area contributed by atoms with Gasteiger partial charge in [-0.25, -0.2) is 0 Å². The van der Waals surface area contributed by atoms with Crippen molar-refractivity contribution in [2.75, 3.05) is 0 Å². The molecule has 2 unspecified atom stereocenters. The number of rotatable bonds is 6. The Hall–Kier alpha value is -2.07. The van der Waals surface area contributed by atoms with E-state index in [0.717, 1.165) is 25.0 Å². The molecule has 1 aromatic heterocycles. The largest absolute Gasteiger partial charge is 0.416 e. The normalized spacial score (nSPS) is 20.5. The number of aromatic nitrogens is 2. The molecule has 0 bridgehead atoms. The van der Waals surface area contributed by atoms with Crippen LogP contribution in [-0.2, 0) is 16.7 Å². The lowest BCUT2D eigenvalue weighted by atomic mass is 10.1. The van der Waals surface area contributed by atoms with Crippen molar-refractivity contribution in [1.29, 1.82) is 0 Å². The maximum absolute atomic E-state index is 12.6. The minimum absolute atomic E-state index is 0.000623. The Kier molecular flexibility index (Phi) is 6.05. The van der Waals surface area contributed by atoms with Crippen LogP contribution in [0.15, 0.2) is 28.8 Å². The zero-order chi connectivity index (χ0) is 19.4. The van der Waals surface area contributed by atoms with Gasteiger partial charge >= 0.3 is 6.18 Å². The van der Waals surface area contributed by atoms with E-state index in [1.807, 2.05) is 0 Å². The molecule has 0 aliphatic carbocycles. The molecule has 1 aromatic carbocycles. The van der Waals surface area contributed by atoms with E-state index in [4.69, 9.17) is 4.52 Å². The summed E-state index contributed by atoms with van der Waals surface area (Å²) < 4.78 is 43.0. The van der Waals surface area contributed by atoms with Crippen LogP contribution < -0.4 is 10.6 Å². The highest BCUT2D eigenvalue weighted by molar-refractivity contribution is 7.99. The summed E-state index contributed by atoms with van der Waals surface area (Å²) in [6.45, 7) is 2.07. The maximum Gasteiger partial charge on any atom is 0.416 e. The second-order valence-corrected chi connectivity index (χ2v) is 7.30. The number of carbonyl (C=O) groups excluding carboxylic acids is 1. The van der Waals surface area contributed by atoms with Crippen LogP contribution in [0.2, 0.25) is 0 Å². The fraction of sp³-hybridized carbons (Fsp3) is 0.471. The van der Waals surface area contributed by atoms with Crippen LogP contribution in [0.1, 0.15) is 37.6 Å². The third kappa shape index (κ3) is 5.23. The molecule has 2 aromatic rings. The molecule has 2 heterocycles. The van der Waals surface area contributed by atoms with Gasteiger partial charge in [-0.05, 0) is 18.6 Å². The lowest BCUT2D eigenvalue weighted by Crippen LogP contribution is -2.54. The smallest absolute Gasteiger partial charge is 0.338 e. The summed E-state index contributed by atoms with van der Waals surface area (Å²) in [4.78, 5) is 16.0. The van der Waals surface area contributed by atoms with Gasteiger partial charge in [0, 0.05) is 18.0 Å². The predicted octanol–water partition coefficient (Wildman–Crippen LogP) is 3.55. The average molecular weight is 400 g/mol. The summed E-state index contributed by atoms with van der Waals surface area (Å²) in [5.74, 6) is 0.929. The first kappa shape index (κ1) is 19.7. The molecule has 1 aliphatic rings. The Bertz CT molecular complexity index is 779. The predicted molar refractivity (Wildman–Crippen MR) is 94.4 cm³/mol. The van der Waals surface area contributed by atoms with Gasteiger partial charge in [-0.1, -0.05) is 30.6 Å². The number of thioether (sulfide) groups is 1. The van der Waals surface area contributed by atoms with E-state index >= 15 is 0 Å². The molecule has 146 valence electrons. The van der Waals surface area contributed by atoms with E-state index in [1.165, 1.54) is 23.9 Å². The highest BCUT2D eigenvalue weighted by Crippen LogP contribution is 2.30. The van der Waals surface area contributed by atoms with Crippen molar-refractivity contribution in [3.8, 4) is 11.4 Å². The van der Waals surface area contributed by atoms with E-state index in [9.17, 15) is 18.0 Å². The quantitative estimate of drug-likeness (QED) is 0.772. The Morgan fingerprint density at radius 3 is 2.70 bits per heavy atom. The van der Waals surface area contributed by atoms with E-state index in [2.05, 4.69) is 27.7 Å². The highest BCUT2D eigenvalue weighted by Gasteiger charge is 2.30. The lowest BCUT2D eigenvalue weighted by molar-refractivity contribution is -0.137. The molecule has 2 atom stereocenters.